The van der Waals surface area contributed by atoms with Crippen LogP contribution in [0.2, 0.25) is 0 Å². The number of nitrogens with one attached hydrogen (secondary N) is 1. The molecule has 7 nitrogen and oxygen atoms in total. The number of hydrogen-bond acceptors (Lipinski definition) is 5. The summed E-state index contributed by atoms with van der Waals surface area (Å²) in [5.74, 6) is -2.28. The molecule has 1 heterocycles. The number of carbonyl (C=O) groups excluding carboxylic acids is 3. The Hall–Kier alpha value is -3.26. The van der Waals surface area contributed by atoms with E-state index >= 15 is 0 Å². The van der Waals surface area contributed by atoms with E-state index in [0.717, 1.165) is 6.07 Å². The first-order valence-corrected chi connectivity index (χ1v) is 9.19. The Kier molecular flexibility index (Phi) is 6.91. The molecule has 1 atom stereocenters. The third-order valence-electron chi connectivity index (χ3n) is 4.38. The first-order chi connectivity index (χ1) is 14.0. The lowest BCUT2D eigenvalue weighted by Crippen LogP contribution is -2.44. The quantitative estimate of drug-likeness (QED) is 0.746. The van der Waals surface area contributed by atoms with Crippen LogP contribution in [0.25, 0.3) is 0 Å². The van der Waals surface area contributed by atoms with Gasteiger partial charge in [0, 0.05) is 24.2 Å². The first kappa shape index (κ1) is 20.5. The van der Waals surface area contributed by atoms with Crippen LogP contribution in [0.15, 0.2) is 54.6 Å². The lowest BCUT2D eigenvalue weighted by molar-refractivity contribution is -0.162. The maximum atomic E-state index is 13.2. The first-order valence-electron chi connectivity index (χ1n) is 9.19. The summed E-state index contributed by atoms with van der Waals surface area (Å²) < 4.78 is 23.9. The van der Waals surface area contributed by atoms with Gasteiger partial charge in [0.05, 0.1) is 13.2 Å². The second kappa shape index (κ2) is 9.79. The highest BCUT2D eigenvalue weighted by atomic mass is 19.1. The molecule has 1 saturated heterocycles. The van der Waals surface area contributed by atoms with Crippen molar-refractivity contribution < 1.29 is 28.2 Å². The summed E-state index contributed by atoms with van der Waals surface area (Å²) in [4.78, 5) is 38.9. The number of nitrogens with zero attached hydrogens (tertiary/aromatic N) is 1. The van der Waals surface area contributed by atoms with Gasteiger partial charge in [0.2, 0.25) is 6.10 Å². The van der Waals surface area contributed by atoms with Crippen LogP contribution < -0.4 is 5.32 Å². The molecule has 152 valence electrons. The van der Waals surface area contributed by atoms with E-state index < -0.39 is 30.3 Å². The minimum atomic E-state index is -1.12. The van der Waals surface area contributed by atoms with E-state index in [0.29, 0.717) is 31.9 Å². The molecule has 1 aliphatic rings. The number of amides is 2. The topological polar surface area (TPSA) is 84.9 Å². The standard InChI is InChI=1S/C21H21FN2O5/c22-17-8-4-7-16(13-17)20(26)23-14-18(25)29-19(15-5-2-1-3-6-15)21(27)24-9-11-28-12-10-24/h1-8,13,19H,9-12,14H2,(H,23,26)/t19-/m1/s1. The van der Waals surface area contributed by atoms with Crippen molar-refractivity contribution in [2.24, 2.45) is 0 Å². The molecule has 3 rings (SSSR count). The predicted octanol–water partition coefficient (Wildman–Crippen LogP) is 1.70. The van der Waals surface area contributed by atoms with Crippen LogP contribution in [-0.4, -0.2) is 55.5 Å². The molecule has 1 N–H and O–H groups in total. The zero-order chi connectivity index (χ0) is 20.6. The second-order valence-corrected chi connectivity index (χ2v) is 6.41. The summed E-state index contributed by atoms with van der Waals surface area (Å²) in [6.07, 6.45) is -1.12. The number of halogens is 1. The van der Waals surface area contributed by atoms with E-state index in [1.54, 1.807) is 35.2 Å². The maximum Gasteiger partial charge on any atom is 0.326 e. The molecule has 0 unspecified atom stereocenters. The fourth-order valence-corrected chi connectivity index (χ4v) is 2.90. The van der Waals surface area contributed by atoms with Gasteiger partial charge in [-0.1, -0.05) is 36.4 Å². The van der Waals surface area contributed by atoms with Crippen molar-refractivity contribution in [1.29, 1.82) is 0 Å². The van der Waals surface area contributed by atoms with Crippen molar-refractivity contribution in [2.75, 3.05) is 32.8 Å². The molecule has 1 fully saturated rings. The third-order valence-corrected chi connectivity index (χ3v) is 4.38. The lowest BCUT2D eigenvalue weighted by atomic mass is 10.1. The van der Waals surface area contributed by atoms with E-state index in [1.165, 1.54) is 18.2 Å². The van der Waals surface area contributed by atoms with Gasteiger partial charge in [0.1, 0.15) is 12.4 Å². The van der Waals surface area contributed by atoms with Crippen LogP contribution in [0.1, 0.15) is 22.0 Å². The highest BCUT2D eigenvalue weighted by Crippen LogP contribution is 2.21. The van der Waals surface area contributed by atoms with Gasteiger partial charge in [-0.25, -0.2) is 4.39 Å². The SMILES string of the molecule is O=C(CNC(=O)c1cccc(F)c1)O[C@@H](C(=O)N1CCOCC1)c1ccccc1. The fraction of sp³-hybridized carbons (Fsp3) is 0.286. The van der Waals surface area contributed by atoms with Gasteiger partial charge < -0.3 is 19.7 Å². The molecular weight excluding hydrogens is 379 g/mol. The van der Waals surface area contributed by atoms with E-state index in [-0.39, 0.29) is 11.5 Å². The van der Waals surface area contributed by atoms with Crippen molar-refractivity contribution in [3.8, 4) is 0 Å². The van der Waals surface area contributed by atoms with E-state index in [9.17, 15) is 18.8 Å². The number of morpholine rings is 1. The number of carbonyl (C=O) groups is 3. The monoisotopic (exact) mass is 400 g/mol. The predicted molar refractivity (Wildman–Crippen MR) is 101 cm³/mol. The van der Waals surface area contributed by atoms with Gasteiger partial charge in [0.25, 0.3) is 11.8 Å². The summed E-state index contributed by atoms with van der Waals surface area (Å²) in [6.45, 7) is 1.22. The molecule has 0 saturated carbocycles. The summed E-state index contributed by atoms with van der Waals surface area (Å²) in [7, 11) is 0. The summed E-state index contributed by atoms with van der Waals surface area (Å²) in [5, 5.41) is 2.38. The van der Waals surface area contributed by atoms with Crippen molar-refractivity contribution in [1.82, 2.24) is 10.2 Å². The zero-order valence-electron chi connectivity index (χ0n) is 15.7. The Bertz CT molecular complexity index is 868. The van der Waals surface area contributed by atoms with Gasteiger partial charge in [-0.05, 0) is 18.2 Å². The van der Waals surface area contributed by atoms with Gasteiger partial charge in [-0.15, -0.1) is 0 Å². The Morgan fingerprint density at radius 2 is 1.79 bits per heavy atom. The Morgan fingerprint density at radius 3 is 2.48 bits per heavy atom. The third kappa shape index (κ3) is 5.61. The molecular formula is C21H21FN2O5. The van der Waals surface area contributed by atoms with Crippen molar-refractivity contribution in [3.63, 3.8) is 0 Å². The molecule has 0 radical (unpaired) electrons. The van der Waals surface area contributed by atoms with E-state index in [2.05, 4.69) is 5.32 Å². The number of ether oxygens (including phenoxy) is 2. The van der Waals surface area contributed by atoms with Crippen molar-refractivity contribution >= 4 is 17.8 Å². The Labute approximate surface area is 167 Å². The van der Waals surface area contributed by atoms with Crippen LogP contribution in [0.4, 0.5) is 4.39 Å². The highest BCUT2D eigenvalue weighted by molar-refractivity contribution is 5.96. The van der Waals surface area contributed by atoms with E-state index in [1.807, 2.05) is 0 Å². The molecule has 0 bridgehead atoms. The average molecular weight is 400 g/mol. The molecule has 8 heteroatoms. The number of rotatable bonds is 6. The second-order valence-electron chi connectivity index (χ2n) is 6.41. The highest BCUT2D eigenvalue weighted by Gasteiger charge is 2.30. The largest absolute Gasteiger partial charge is 0.446 e. The van der Waals surface area contributed by atoms with Crippen LogP contribution in [0.5, 0.6) is 0 Å². The molecule has 0 aromatic heterocycles. The summed E-state index contributed by atoms with van der Waals surface area (Å²) in [5.41, 5.74) is 0.621. The number of esters is 1. The van der Waals surface area contributed by atoms with E-state index in [4.69, 9.17) is 9.47 Å². The van der Waals surface area contributed by atoms with Gasteiger partial charge in [-0.3, -0.25) is 14.4 Å². The Balaban J connectivity index is 1.64. The van der Waals surface area contributed by atoms with Crippen LogP contribution in [0.3, 0.4) is 0 Å². The molecule has 1 aliphatic heterocycles. The van der Waals surface area contributed by atoms with Crippen LogP contribution >= 0.6 is 0 Å². The minimum Gasteiger partial charge on any atom is -0.446 e. The summed E-state index contributed by atoms with van der Waals surface area (Å²) >= 11 is 0. The average Bonchev–Trinajstić information content (AvgIpc) is 2.76. The van der Waals surface area contributed by atoms with Gasteiger partial charge >= 0.3 is 5.97 Å². The normalized spacial score (nSPS) is 14.7. The minimum absolute atomic E-state index is 0.0850. The molecule has 2 amide bonds. The van der Waals surface area contributed by atoms with Crippen LogP contribution in [0, 0.1) is 5.82 Å². The molecule has 2 aromatic carbocycles. The zero-order valence-corrected chi connectivity index (χ0v) is 15.7. The molecule has 0 aliphatic carbocycles. The van der Waals surface area contributed by atoms with Crippen LogP contribution in [-0.2, 0) is 19.1 Å². The fourth-order valence-electron chi connectivity index (χ4n) is 2.90. The van der Waals surface area contributed by atoms with Gasteiger partial charge in [0.15, 0.2) is 0 Å². The lowest BCUT2D eigenvalue weighted by Gasteiger charge is -2.30. The number of hydrogen-bond donors (Lipinski definition) is 1. The molecule has 29 heavy (non-hydrogen) atoms. The summed E-state index contributed by atoms with van der Waals surface area (Å²) in [6, 6.07) is 13.8. The molecule has 0 spiro atoms. The Morgan fingerprint density at radius 1 is 1.07 bits per heavy atom. The van der Waals surface area contributed by atoms with Crippen molar-refractivity contribution in [3.05, 3.63) is 71.5 Å². The maximum absolute atomic E-state index is 13.2. The number of benzene rings is 2. The van der Waals surface area contributed by atoms with Crippen molar-refractivity contribution in [2.45, 2.75) is 6.10 Å². The van der Waals surface area contributed by atoms with Gasteiger partial charge in [-0.2, -0.15) is 0 Å². The molecule has 2 aromatic rings. The smallest absolute Gasteiger partial charge is 0.326 e.